The summed E-state index contributed by atoms with van der Waals surface area (Å²) < 4.78 is 10.4. The van der Waals surface area contributed by atoms with Crippen LogP contribution in [0.1, 0.15) is 11.1 Å². The monoisotopic (exact) mass is 252 g/mol. The molecular formula is C17H16O2. The Kier molecular flexibility index (Phi) is 3.00. The maximum Gasteiger partial charge on any atom is 0.0907 e. The molecule has 19 heavy (non-hydrogen) atoms. The van der Waals surface area contributed by atoms with Gasteiger partial charge in [0.1, 0.15) is 0 Å². The first-order chi connectivity index (χ1) is 9.35. The molecule has 0 heterocycles. The van der Waals surface area contributed by atoms with Gasteiger partial charge in [-0.15, -0.1) is 0 Å². The number of hydrogen-bond acceptors (Lipinski definition) is 2. The molecule has 0 atom stereocenters. The van der Waals surface area contributed by atoms with Crippen LogP contribution in [0.3, 0.4) is 0 Å². The summed E-state index contributed by atoms with van der Waals surface area (Å²) in [5.41, 5.74) is 5.31. The van der Waals surface area contributed by atoms with Gasteiger partial charge < -0.3 is 9.47 Å². The molecule has 2 heteroatoms. The molecular weight excluding hydrogens is 236 g/mol. The molecule has 2 nitrogen and oxygen atoms in total. The summed E-state index contributed by atoms with van der Waals surface area (Å²) in [5, 5.41) is 2.16. The van der Waals surface area contributed by atoms with Crippen molar-refractivity contribution >= 4 is 12.5 Å². The highest BCUT2D eigenvalue weighted by molar-refractivity contribution is 5.77. The fraction of sp³-hybridized carbons (Fsp3) is 0.176. The van der Waals surface area contributed by atoms with E-state index in [-0.39, 0.29) is 0 Å². The van der Waals surface area contributed by atoms with E-state index in [0.29, 0.717) is 0 Å². The molecule has 3 rings (SSSR count). The van der Waals surface area contributed by atoms with Crippen LogP contribution in [0.5, 0.6) is 0 Å². The fourth-order valence-electron chi connectivity index (χ4n) is 2.74. The molecule has 0 spiro atoms. The first-order valence-electron chi connectivity index (χ1n) is 6.31. The van der Waals surface area contributed by atoms with Gasteiger partial charge >= 0.3 is 0 Å². The van der Waals surface area contributed by atoms with Gasteiger partial charge in [-0.05, 0) is 28.7 Å². The molecule has 0 saturated carbocycles. The predicted octanol–water partition coefficient (Wildman–Crippen LogP) is 2.03. The number of benzene rings is 2. The van der Waals surface area contributed by atoms with Gasteiger partial charge in [0.05, 0.1) is 26.7 Å². The number of fused-ring (bicyclic) bond motifs is 3. The number of rotatable bonds is 2. The van der Waals surface area contributed by atoms with Crippen LogP contribution < -0.4 is 10.4 Å². The van der Waals surface area contributed by atoms with E-state index < -0.39 is 0 Å². The molecule has 0 amide bonds. The van der Waals surface area contributed by atoms with E-state index in [0.717, 1.165) is 16.9 Å². The first kappa shape index (κ1) is 11.8. The van der Waals surface area contributed by atoms with E-state index in [1.807, 2.05) is 0 Å². The molecule has 96 valence electrons. The van der Waals surface area contributed by atoms with E-state index in [1.165, 1.54) is 22.3 Å². The number of methoxy groups -OCH3 is 2. The van der Waals surface area contributed by atoms with E-state index >= 15 is 0 Å². The average Bonchev–Trinajstić information content (AvgIpc) is 2.81. The van der Waals surface area contributed by atoms with Crippen molar-refractivity contribution in [3.05, 3.63) is 58.0 Å². The summed E-state index contributed by atoms with van der Waals surface area (Å²) in [5.74, 6) is 0. The molecule has 0 saturated heterocycles. The SMILES string of the molecule is COC=c1ccc2c(c1=COC)Cc1ccccc1-2. The minimum atomic E-state index is 0.950. The van der Waals surface area contributed by atoms with Crippen LogP contribution in [0.15, 0.2) is 36.4 Å². The van der Waals surface area contributed by atoms with Crippen LogP contribution >= 0.6 is 0 Å². The van der Waals surface area contributed by atoms with E-state index in [2.05, 4.69) is 36.4 Å². The third kappa shape index (κ3) is 1.89. The molecule has 0 unspecified atom stereocenters. The predicted molar refractivity (Wildman–Crippen MR) is 76.9 cm³/mol. The fourth-order valence-corrected chi connectivity index (χ4v) is 2.74. The van der Waals surface area contributed by atoms with Crippen molar-refractivity contribution in [3.63, 3.8) is 0 Å². The summed E-state index contributed by atoms with van der Waals surface area (Å²) in [6, 6.07) is 12.8. The van der Waals surface area contributed by atoms with Crippen molar-refractivity contribution in [1.82, 2.24) is 0 Å². The van der Waals surface area contributed by atoms with Crippen LogP contribution in [0.25, 0.3) is 23.7 Å². The molecule has 0 fully saturated rings. The Hall–Kier alpha value is -2.22. The Morgan fingerprint density at radius 2 is 1.68 bits per heavy atom. The summed E-state index contributed by atoms with van der Waals surface area (Å²) in [6.07, 6.45) is 4.51. The first-order valence-corrected chi connectivity index (χ1v) is 6.31. The lowest BCUT2D eigenvalue weighted by molar-refractivity contribution is 0.386. The third-order valence-corrected chi connectivity index (χ3v) is 3.55. The van der Waals surface area contributed by atoms with Crippen molar-refractivity contribution in [3.8, 4) is 11.1 Å². The average molecular weight is 252 g/mol. The standard InChI is InChI=1S/C17H16O2/c1-18-10-13-7-8-15-14-6-4-3-5-12(14)9-16(15)17(13)11-19-2/h3-8,10-11H,9H2,1-2H3. The quantitative estimate of drug-likeness (QED) is 0.695. The lowest BCUT2D eigenvalue weighted by Gasteiger charge is -2.02. The smallest absolute Gasteiger partial charge is 0.0907 e. The second kappa shape index (κ2) is 4.81. The van der Waals surface area contributed by atoms with Crippen LogP contribution in [0.4, 0.5) is 0 Å². The zero-order valence-corrected chi connectivity index (χ0v) is 11.1. The highest BCUT2D eigenvalue weighted by atomic mass is 16.5. The largest absolute Gasteiger partial charge is 0.504 e. The minimum absolute atomic E-state index is 0.950. The highest BCUT2D eigenvalue weighted by Gasteiger charge is 2.18. The molecule has 0 aromatic heterocycles. The van der Waals surface area contributed by atoms with Gasteiger partial charge in [0.2, 0.25) is 0 Å². The minimum Gasteiger partial charge on any atom is -0.504 e. The van der Waals surface area contributed by atoms with Gasteiger partial charge in [-0.25, -0.2) is 0 Å². The van der Waals surface area contributed by atoms with Crippen molar-refractivity contribution in [1.29, 1.82) is 0 Å². The van der Waals surface area contributed by atoms with Crippen molar-refractivity contribution in [2.75, 3.05) is 14.2 Å². The van der Waals surface area contributed by atoms with Gasteiger partial charge in [0.15, 0.2) is 0 Å². The van der Waals surface area contributed by atoms with Crippen molar-refractivity contribution < 1.29 is 9.47 Å². The molecule has 0 aliphatic heterocycles. The molecule has 0 bridgehead atoms. The normalized spacial score (nSPS) is 14.2. The van der Waals surface area contributed by atoms with Crippen LogP contribution in [0, 0.1) is 0 Å². The number of ether oxygens (including phenoxy) is 2. The summed E-state index contributed by atoms with van der Waals surface area (Å²) >= 11 is 0. The van der Waals surface area contributed by atoms with Gasteiger partial charge in [-0.3, -0.25) is 0 Å². The van der Waals surface area contributed by atoms with Crippen LogP contribution in [-0.2, 0) is 15.9 Å². The zero-order valence-electron chi connectivity index (χ0n) is 11.1. The van der Waals surface area contributed by atoms with Gasteiger partial charge in [0, 0.05) is 10.4 Å². The molecule has 2 aromatic rings. The maximum atomic E-state index is 5.24. The Morgan fingerprint density at radius 1 is 0.895 bits per heavy atom. The summed E-state index contributed by atoms with van der Waals surface area (Å²) in [7, 11) is 3.34. The second-order valence-corrected chi connectivity index (χ2v) is 4.64. The summed E-state index contributed by atoms with van der Waals surface area (Å²) in [4.78, 5) is 0. The zero-order chi connectivity index (χ0) is 13.2. The van der Waals surface area contributed by atoms with E-state index in [4.69, 9.17) is 9.47 Å². The molecule has 0 radical (unpaired) electrons. The summed E-state index contributed by atoms with van der Waals surface area (Å²) in [6.45, 7) is 0. The Bertz CT molecular complexity index is 729. The van der Waals surface area contributed by atoms with Gasteiger partial charge in [-0.2, -0.15) is 0 Å². The molecule has 1 aliphatic rings. The second-order valence-electron chi connectivity index (χ2n) is 4.64. The van der Waals surface area contributed by atoms with E-state index in [1.54, 1.807) is 26.7 Å². The third-order valence-electron chi connectivity index (χ3n) is 3.55. The van der Waals surface area contributed by atoms with Crippen LogP contribution in [-0.4, -0.2) is 14.2 Å². The Morgan fingerprint density at radius 3 is 2.47 bits per heavy atom. The van der Waals surface area contributed by atoms with Gasteiger partial charge in [0.25, 0.3) is 0 Å². The van der Waals surface area contributed by atoms with Crippen molar-refractivity contribution in [2.45, 2.75) is 6.42 Å². The van der Waals surface area contributed by atoms with E-state index in [9.17, 15) is 0 Å². The number of hydrogen-bond donors (Lipinski definition) is 0. The topological polar surface area (TPSA) is 18.5 Å². The Labute approximate surface area is 112 Å². The molecule has 2 aromatic carbocycles. The lowest BCUT2D eigenvalue weighted by atomic mass is 10.0. The van der Waals surface area contributed by atoms with Crippen molar-refractivity contribution in [2.24, 2.45) is 0 Å². The van der Waals surface area contributed by atoms with Gasteiger partial charge in [-0.1, -0.05) is 36.4 Å². The molecule has 0 N–H and O–H groups in total. The maximum absolute atomic E-state index is 5.24. The molecule has 1 aliphatic carbocycles. The Balaban J connectivity index is 2.32. The highest BCUT2D eigenvalue weighted by Crippen LogP contribution is 2.33. The van der Waals surface area contributed by atoms with Crippen LogP contribution in [0.2, 0.25) is 0 Å². The lowest BCUT2D eigenvalue weighted by Crippen LogP contribution is -2.28.